The third kappa shape index (κ3) is 8.14. The summed E-state index contributed by atoms with van der Waals surface area (Å²) in [6.07, 6.45) is 3.71. The molecule has 2 aromatic rings. The molecule has 0 bridgehead atoms. The van der Waals surface area contributed by atoms with Crippen molar-refractivity contribution < 1.29 is 22.3 Å². The first-order valence-electron chi connectivity index (χ1n) is 13.0. The number of hydrogen-bond acceptors (Lipinski definition) is 4. The maximum atomic E-state index is 13.8. The number of aryl methyl sites for hydroxylation is 1. The summed E-state index contributed by atoms with van der Waals surface area (Å²) in [5.41, 5.74) is 2.48. The average Bonchev–Trinajstić information content (AvgIpc) is 2.87. The Morgan fingerprint density at radius 3 is 2.43 bits per heavy atom. The molecule has 200 valence electrons. The molecule has 4 nitrogen and oxygen atoms in total. The van der Waals surface area contributed by atoms with E-state index in [0.29, 0.717) is 37.6 Å². The molecule has 0 radical (unpaired) electrons. The molecule has 2 heterocycles. The molecule has 1 fully saturated rings. The largest absolute Gasteiger partial charge is 0.490 e. The maximum absolute atomic E-state index is 13.8. The molecular weight excluding hydrogens is 482 g/mol. The SMILES string of the molecule is Cc1ccc(C(c2ccccn2)N(CC2CCN(CCOC3=CCCC=C3F)CC2)CC(F)(F)F)cc1. The average molecular weight is 518 g/mol. The van der Waals surface area contributed by atoms with Crippen LogP contribution in [0.2, 0.25) is 0 Å². The van der Waals surface area contributed by atoms with Crippen molar-refractivity contribution in [3.63, 3.8) is 0 Å². The Hall–Kier alpha value is -2.71. The van der Waals surface area contributed by atoms with Crippen molar-refractivity contribution in [2.75, 3.05) is 39.3 Å². The highest BCUT2D eigenvalue weighted by Gasteiger charge is 2.37. The number of allylic oxidation sites excluding steroid dienone is 3. The Labute approximate surface area is 216 Å². The minimum atomic E-state index is -4.33. The number of piperidine rings is 1. The second kappa shape index (κ2) is 12.7. The first-order valence-corrected chi connectivity index (χ1v) is 13.0. The van der Waals surface area contributed by atoms with Crippen LogP contribution in [-0.4, -0.2) is 60.3 Å². The monoisotopic (exact) mass is 517 g/mol. The lowest BCUT2D eigenvalue weighted by Gasteiger charge is -2.38. The van der Waals surface area contributed by atoms with Crippen LogP contribution in [0.4, 0.5) is 17.6 Å². The molecule has 0 N–H and O–H groups in total. The van der Waals surface area contributed by atoms with Crippen LogP contribution >= 0.6 is 0 Å². The number of likely N-dealkylation sites (tertiary alicyclic amines) is 1. The standard InChI is InChI=1S/C29H35F4N3O/c1-22-9-11-24(12-10-22)28(26-7-4-5-15-34-26)36(21-29(31,32)33)20-23-13-16-35(17-14-23)18-19-37-27-8-3-2-6-25(27)30/h4-12,15,23,28H,2-3,13-14,16-21H2,1H3. The summed E-state index contributed by atoms with van der Waals surface area (Å²) in [7, 11) is 0. The summed E-state index contributed by atoms with van der Waals surface area (Å²) in [5, 5.41) is 0. The molecule has 1 aromatic carbocycles. The second-order valence-electron chi connectivity index (χ2n) is 9.94. The fraction of sp³-hybridized carbons (Fsp3) is 0.483. The zero-order valence-corrected chi connectivity index (χ0v) is 21.3. The lowest BCUT2D eigenvalue weighted by atomic mass is 9.93. The topological polar surface area (TPSA) is 28.6 Å². The quantitative estimate of drug-likeness (QED) is 0.332. The van der Waals surface area contributed by atoms with E-state index in [2.05, 4.69) is 9.88 Å². The van der Waals surface area contributed by atoms with Crippen molar-refractivity contribution in [1.82, 2.24) is 14.8 Å². The minimum Gasteiger partial charge on any atom is -0.490 e. The fourth-order valence-corrected chi connectivity index (χ4v) is 5.11. The predicted molar refractivity (Wildman–Crippen MR) is 137 cm³/mol. The van der Waals surface area contributed by atoms with E-state index < -0.39 is 18.8 Å². The van der Waals surface area contributed by atoms with Gasteiger partial charge < -0.3 is 4.74 Å². The van der Waals surface area contributed by atoms with Crippen LogP contribution in [0, 0.1) is 12.8 Å². The summed E-state index contributed by atoms with van der Waals surface area (Å²) in [6.45, 7) is 3.93. The van der Waals surface area contributed by atoms with E-state index in [1.54, 1.807) is 35.4 Å². The van der Waals surface area contributed by atoms with E-state index >= 15 is 0 Å². The first-order chi connectivity index (χ1) is 17.8. The summed E-state index contributed by atoms with van der Waals surface area (Å²) in [6, 6.07) is 12.5. The molecule has 1 aliphatic heterocycles. The molecule has 0 saturated carbocycles. The van der Waals surface area contributed by atoms with Crippen LogP contribution in [0.25, 0.3) is 0 Å². The molecule has 1 aliphatic carbocycles. The van der Waals surface area contributed by atoms with Gasteiger partial charge in [0.2, 0.25) is 0 Å². The number of benzene rings is 1. The van der Waals surface area contributed by atoms with Gasteiger partial charge in [-0.2, -0.15) is 13.2 Å². The molecule has 0 spiro atoms. The van der Waals surface area contributed by atoms with Crippen molar-refractivity contribution in [3.05, 3.63) is 89.2 Å². The van der Waals surface area contributed by atoms with Crippen molar-refractivity contribution in [2.24, 2.45) is 5.92 Å². The van der Waals surface area contributed by atoms with Crippen molar-refractivity contribution in [1.29, 1.82) is 0 Å². The molecule has 2 aliphatic rings. The van der Waals surface area contributed by atoms with Crippen LogP contribution in [0.1, 0.15) is 48.5 Å². The number of alkyl halides is 3. The van der Waals surface area contributed by atoms with Gasteiger partial charge in [0.25, 0.3) is 0 Å². The van der Waals surface area contributed by atoms with Gasteiger partial charge in [0.15, 0.2) is 11.6 Å². The van der Waals surface area contributed by atoms with Gasteiger partial charge in [-0.25, -0.2) is 4.39 Å². The molecule has 4 rings (SSSR count). The number of hydrogen-bond donors (Lipinski definition) is 0. The van der Waals surface area contributed by atoms with Crippen molar-refractivity contribution in [3.8, 4) is 0 Å². The molecule has 37 heavy (non-hydrogen) atoms. The molecule has 8 heteroatoms. The normalized spacial score (nSPS) is 18.4. The van der Waals surface area contributed by atoms with Gasteiger partial charge in [0.1, 0.15) is 6.61 Å². The van der Waals surface area contributed by atoms with E-state index in [0.717, 1.165) is 43.5 Å². The molecule has 1 aromatic heterocycles. The zero-order valence-electron chi connectivity index (χ0n) is 21.3. The summed E-state index contributed by atoms with van der Waals surface area (Å²) in [5.74, 6) is 0.156. The third-order valence-electron chi connectivity index (χ3n) is 7.03. The second-order valence-corrected chi connectivity index (χ2v) is 9.94. The Morgan fingerprint density at radius 1 is 1.05 bits per heavy atom. The van der Waals surface area contributed by atoms with Crippen LogP contribution in [0.3, 0.4) is 0 Å². The number of ether oxygens (including phenoxy) is 1. The number of rotatable bonds is 10. The Kier molecular flexibility index (Phi) is 9.38. The smallest absolute Gasteiger partial charge is 0.401 e. The van der Waals surface area contributed by atoms with E-state index in [1.165, 1.54) is 0 Å². The molecular formula is C29H35F4N3O. The highest BCUT2D eigenvalue weighted by molar-refractivity contribution is 5.30. The Bertz CT molecular complexity index is 1050. The maximum Gasteiger partial charge on any atom is 0.401 e. The summed E-state index contributed by atoms with van der Waals surface area (Å²) < 4.78 is 60.8. The first kappa shape index (κ1) is 27.3. The molecule has 1 atom stereocenters. The number of halogens is 4. The van der Waals surface area contributed by atoms with E-state index in [9.17, 15) is 17.6 Å². The predicted octanol–water partition coefficient (Wildman–Crippen LogP) is 6.60. The third-order valence-corrected chi connectivity index (χ3v) is 7.03. The van der Waals surface area contributed by atoms with Gasteiger partial charge in [-0.05, 0) is 81.5 Å². The van der Waals surface area contributed by atoms with Crippen LogP contribution in [0.5, 0.6) is 0 Å². The highest BCUT2D eigenvalue weighted by atomic mass is 19.4. The summed E-state index contributed by atoms with van der Waals surface area (Å²) >= 11 is 0. The number of nitrogens with zero attached hydrogens (tertiary/aromatic N) is 3. The minimum absolute atomic E-state index is 0.137. The highest BCUT2D eigenvalue weighted by Crippen LogP contribution is 2.33. The zero-order chi connectivity index (χ0) is 26.3. The van der Waals surface area contributed by atoms with Gasteiger partial charge >= 0.3 is 6.18 Å². The molecule has 1 unspecified atom stereocenters. The molecule has 1 saturated heterocycles. The van der Waals surface area contributed by atoms with Crippen LogP contribution < -0.4 is 0 Å². The lowest BCUT2D eigenvalue weighted by molar-refractivity contribution is -0.151. The van der Waals surface area contributed by atoms with Crippen LogP contribution in [-0.2, 0) is 4.74 Å². The van der Waals surface area contributed by atoms with Gasteiger partial charge in [-0.15, -0.1) is 0 Å². The number of aromatic nitrogens is 1. The number of pyridine rings is 1. The molecule has 0 amide bonds. The van der Waals surface area contributed by atoms with E-state index in [1.807, 2.05) is 37.3 Å². The van der Waals surface area contributed by atoms with Gasteiger partial charge in [0.05, 0.1) is 18.3 Å². The summed E-state index contributed by atoms with van der Waals surface area (Å²) in [4.78, 5) is 8.23. The van der Waals surface area contributed by atoms with Gasteiger partial charge in [-0.1, -0.05) is 35.9 Å². The fourth-order valence-electron chi connectivity index (χ4n) is 5.11. The Balaban J connectivity index is 1.40. The van der Waals surface area contributed by atoms with Crippen molar-refractivity contribution in [2.45, 2.75) is 44.8 Å². The van der Waals surface area contributed by atoms with E-state index in [4.69, 9.17) is 4.74 Å². The van der Waals surface area contributed by atoms with E-state index in [-0.39, 0.29) is 11.7 Å². The van der Waals surface area contributed by atoms with Gasteiger partial charge in [-0.3, -0.25) is 14.8 Å². The Morgan fingerprint density at radius 2 is 1.78 bits per heavy atom. The van der Waals surface area contributed by atoms with Crippen molar-refractivity contribution >= 4 is 0 Å². The lowest BCUT2D eigenvalue weighted by Crippen LogP contribution is -2.44. The van der Waals surface area contributed by atoms with Gasteiger partial charge in [0, 0.05) is 19.3 Å². The van der Waals surface area contributed by atoms with Crippen LogP contribution in [0.15, 0.2) is 72.4 Å².